The average Bonchev–Trinajstić information content (AvgIpc) is 2.59. The van der Waals surface area contributed by atoms with Gasteiger partial charge in [0.05, 0.1) is 0 Å². The lowest BCUT2D eigenvalue weighted by atomic mass is 9.63. The van der Waals surface area contributed by atoms with Gasteiger partial charge in [-0.1, -0.05) is 48.0 Å². The molecule has 2 atom stereocenters. The topological polar surface area (TPSA) is 15.3 Å². The molecule has 2 aliphatic rings. The van der Waals surface area contributed by atoms with Crippen LogP contribution in [0.15, 0.2) is 0 Å². The standard InChI is InChI=1S/C19H38N2/c1-7-15(2)17-13-21(10-8-9-20-17)16-11-18(3,4)14-19(5,6)12-16/h15-17,20H,7-14H2,1-6H3. The average molecular weight is 295 g/mol. The van der Waals surface area contributed by atoms with Crippen LogP contribution >= 0.6 is 0 Å². The molecule has 0 bridgehead atoms. The van der Waals surface area contributed by atoms with E-state index < -0.39 is 0 Å². The highest BCUT2D eigenvalue weighted by atomic mass is 15.2. The van der Waals surface area contributed by atoms with Crippen molar-refractivity contribution in [2.75, 3.05) is 19.6 Å². The number of nitrogens with one attached hydrogen (secondary N) is 1. The van der Waals surface area contributed by atoms with E-state index in [1.165, 1.54) is 51.7 Å². The second-order valence-corrected chi connectivity index (χ2v) is 9.36. The van der Waals surface area contributed by atoms with Crippen molar-refractivity contribution in [1.82, 2.24) is 10.2 Å². The van der Waals surface area contributed by atoms with E-state index in [0.29, 0.717) is 16.9 Å². The molecule has 124 valence electrons. The number of hydrogen-bond donors (Lipinski definition) is 1. The van der Waals surface area contributed by atoms with Crippen LogP contribution in [0, 0.1) is 16.7 Å². The van der Waals surface area contributed by atoms with Gasteiger partial charge in [0.2, 0.25) is 0 Å². The Kier molecular flexibility index (Phi) is 5.41. The molecule has 0 aromatic heterocycles. The van der Waals surface area contributed by atoms with Crippen LogP contribution in [-0.4, -0.2) is 36.6 Å². The summed E-state index contributed by atoms with van der Waals surface area (Å²) in [5.41, 5.74) is 0.996. The number of rotatable bonds is 3. The van der Waals surface area contributed by atoms with Crippen LogP contribution in [0.4, 0.5) is 0 Å². The van der Waals surface area contributed by atoms with Crippen molar-refractivity contribution < 1.29 is 0 Å². The maximum Gasteiger partial charge on any atom is 0.0220 e. The second-order valence-electron chi connectivity index (χ2n) is 9.36. The fourth-order valence-electron chi connectivity index (χ4n) is 5.02. The molecule has 1 saturated carbocycles. The van der Waals surface area contributed by atoms with Crippen LogP contribution in [0.25, 0.3) is 0 Å². The van der Waals surface area contributed by atoms with Gasteiger partial charge in [-0.05, 0) is 55.5 Å². The third-order valence-electron chi connectivity index (χ3n) is 5.84. The molecule has 1 saturated heterocycles. The van der Waals surface area contributed by atoms with Crippen molar-refractivity contribution in [3.8, 4) is 0 Å². The minimum absolute atomic E-state index is 0.498. The summed E-state index contributed by atoms with van der Waals surface area (Å²) in [5.74, 6) is 0.787. The predicted molar refractivity (Wildman–Crippen MR) is 92.6 cm³/mol. The number of hydrogen-bond acceptors (Lipinski definition) is 2. The number of nitrogens with zero attached hydrogens (tertiary/aromatic N) is 1. The molecule has 2 rings (SSSR count). The van der Waals surface area contributed by atoms with Gasteiger partial charge in [-0.15, -0.1) is 0 Å². The van der Waals surface area contributed by atoms with Crippen LogP contribution in [0.5, 0.6) is 0 Å². The van der Waals surface area contributed by atoms with E-state index in [9.17, 15) is 0 Å². The molecule has 1 aliphatic carbocycles. The summed E-state index contributed by atoms with van der Waals surface area (Å²) in [4.78, 5) is 2.83. The molecule has 0 aromatic carbocycles. The third-order valence-corrected chi connectivity index (χ3v) is 5.84. The first-order valence-electron chi connectivity index (χ1n) is 9.20. The minimum atomic E-state index is 0.498. The van der Waals surface area contributed by atoms with Gasteiger partial charge < -0.3 is 5.32 Å². The SMILES string of the molecule is CCC(C)C1CN(C2CC(C)(C)CC(C)(C)C2)CCCN1. The lowest BCUT2D eigenvalue weighted by Crippen LogP contribution is -2.50. The Labute approximate surface area is 133 Å². The molecule has 2 unspecified atom stereocenters. The summed E-state index contributed by atoms with van der Waals surface area (Å²) < 4.78 is 0. The van der Waals surface area contributed by atoms with E-state index in [0.717, 1.165) is 12.0 Å². The molecule has 1 heterocycles. The van der Waals surface area contributed by atoms with Crippen LogP contribution < -0.4 is 5.32 Å². The van der Waals surface area contributed by atoms with Gasteiger partial charge in [-0.3, -0.25) is 4.90 Å². The molecule has 0 spiro atoms. The van der Waals surface area contributed by atoms with Crippen LogP contribution in [0.1, 0.15) is 73.6 Å². The first-order chi connectivity index (χ1) is 9.72. The molecule has 0 amide bonds. The van der Waals surface area contributed by atoms with E-state index in [2.05, 4.69) is 51.8 Å². The molecule has 0 aromatic rings. The molecular formula is C19H38N2. The lowest BCUT2D eigenvalue weighted by molar-refractivity contribution is 0.0216. The molecule has 2 heteroatoms. The first-order valence-corrected chi connectivity index (χ1v) is 9.20. The van der Waals surface area contributed by atoms with E-state index >= 15 is 0 Å². The van der Waals surface area contributed by atoms with Gasteiger partial charge in [0.1, 0.15) is 0 Å². The Morgan fingerprint density at radius 3 is 2.33 bits per heavy atom. The van der Waals surface area contributed by atoms with Crippen molar-refractivity contribution in [3.63, 3.8) is 0 Å². The summed E-state index contributed by atoms with van der Waals surface area (Å²) in [6.07, 6.45) is 6.72. The van der Waals surface area contributed by atoms with Gasteiger partial charge in [-0.25, -0.2) is 0 Å². The molecule has 1 N–H and O–H groups in total. The Morgan fingerprint density at radius 1 is 1.14 bits per heavy atom. The first kappa shape index (κ1) is 17.3. The van der Waals surface area contributed by atoms with Crippen LogP contribution in [-0.2, 0) is 0 Å². The predicted octanol–water partition coefficient (Wildman–Crippen LogP) is 4.30. The summed E-state index contributed by atoms with van der Waals surface area (Å²) in [6, 6.07) is 1.47. The molecular weight excluding hydrogens is 256 g/mol. The smallest absolute Gasteiger partial charge is 0.0220 e. The van der Waals surface area contributed by atoms with Gasteiger partial charge in [-0.2, -0.15) is 0 Å². The van der Waals surface area contributed by atoms with Crippen LogP contribution in [0.3, 0.4) is 0 Å². The fraction of sp³-hybridized carbons (Fsp3) is 1.00. The van der Waals surface area contributed by atoms with Gasteiger partial charge in [0, 0.05) is 18.6 Å². The maximum atomic E-state index is 3.80. The Morgan fingerprint density at radius 2 is 1.76 bits per heavy atom. The zero-order valence-electron chi connectivity index (χ0n) is 15.3. The van der Waals surface area contributed by atoms with Gasteiger partial charge in [0.25, 0.3) is 0 Å². The summed E-state index contributed by atoms with van der Waals surface area (Å²) in [6.45, 7) is 18.4. The summed E-state index contributed by atoms with van der Waals surface area (Å²) >= 11 is 0. The fourth-order valence-corrected chi connectivity index (χ4v) is 5.02. The van der Waals surface area contributed by atoms with Crippen molar-refractivity contribution in [2.24, 2.45) is 16.7 Å². The van der Waals surface area contributed by atoms with Gasteiger partial charge in [0.15, 0.2) is 0 Å². The quantitative estimate of drug-likeness (QED) is 0.835. The summed E-state index contributed by atoms with van der Waals surface area (Å²) in [5, 5.41) is 3.80. The molecule has 1 aliphatic heterocycles. The second kappa shape index (κ2) is 6.58. The highest BCUT2D eigenvalue weighted by molar-refractivity contribution is 4.95. The van der Waals surface area contributed by atoms with E-state index in [-0.39, 0.29) is 0 Å². The van der Waals surface area contributed by atoms with E-state index in [4.69, 9.17) is 0 Å². The lowest BCUT2D eigenvalue weighted by Gasteiger charge is -2.49. The highest BCUT2D eigenvalue weighted by Gasteiger charge is 2.41. The molecule has 2 nitrogen and oxygen atoms in total. The largest absolute Gasteiger partial charge is 0.312 e. The Bertz CT molecular complexity index is 318. The summed E-state index contributed by atoms with van der Waals surface area (Å²) in [7, 11) is 0. The molecule has 21 heavy (non-hydrogen) atoms. The van der Waals surface area contributed by atoms with Crippen molar-refractivity contribution in [2.45, 2.75) is 85.7 Å². The van der Waals surface area contributed by atoms with Crippen molar-refractivity contribution in [1.29, 1.82) is 0 Å². The Hall–Kier alpha value is -0.0800. The van der Waals surface area contributed by atoms with Crippen molar-refractivity contribution in [3.05, 3.63) is 0 Å². The minimum Gasteiger partial charge on any atom is -0.312 e. The third kappa shape index (κ3) is 4.69. The van der Waals surface area contributed by atoms with Gasteiger partial charge >= 0.3 is 0 Å². The van der Waals surface area contributed by atoms with Crippen LogP contribution in [0.2, 0.25) is 0 Å². The Balaban J connectivity index is 2.07. The highest BCUT2D eigenvalue weighted by Crippen LogP contribution is 2.47. The monoisotopic (exact) mass is 294 g/mol. The normalized spacial score (nSPS) is 32.6. The zero-order valence-corrected chi connectivity index (χ0v) is 15.3. The molecule has 2 fully saturated rings. The van der Waals surface area contributed by atoms with E-state index in [1.54, 1.807) is 0 Å². The van der Waals surface area contributed by atoms with Crippen molar-refractivity contribution >= 4 is 0 Å². The maximum absolute atomic E-state index is 3.80. The van der Waals surface area contributed by atoms with E-state index in [1.807, 2.05) is 0 Å². The zero-order chi connectivity index (χ0) is 15.7. The molecule has 0 radical (unpaired) electrons.